The Bertz CT molecular complexity index is 332. The maximum atomic E-state index is 12.7. The van der Waals surface area contributed by atoms with Gasteiger partial charge in [-0.25, -0.2) is 0 Å². The van der Waals surface area contributed by atoms with Crippen LogP contribution >= 0.6 is 0 Å². The molecule has 0 bridgehead atoms. The molecule has 1 N–H and O–H groups in total. The van der Waals surface area contributed by atoms with Gasteiger partial charge in [0.05, 0.1) is 12.0 Å². The summed E-state index contributed by atoms with van der Waals surface area (Å²) in [5.74, 6) is -1.19. The van der Waals surface area contributed by atoms with Crippen LogP contribution in [0.4, 0.5) is 13.2 Å². The summed E-state index contributed by atoms with van der Waals surface area (Å²) < 4.78 is 38.1. The van der Waals surface area contributed by atoms with Crippen LogP contribution in [0.1, 0.15) is 39.0 Å². The first-order valence-corrected chi connectivity index (χ1v) is 7.26. The molecule has 1 fully saturated rings. The number of nitrogens with zero attached hydrogens (tertiary/aromatic N) is 2. The van der Waals surface area contributed by atoms with E-state index in [0.29, 0.717) is 25.8 Å². The van der Waals surface area contributed by atoms with Gasteiger partial charge < -0.3 is 10.2 Å². The van der Waals surface area contributed by atoms with Gasteiger partial charge in [0.1, 0.15) is 5.54 Å². The minimum atomic E-state index is -4.08. The van der Waals surface area contributed by atoms with Gasteiger partial charge in [0, 0.05) is 6.54 Å². The Balaban J connectivity index is 2.41. The third-order valence-corrected chi connectivity index (χ3v) is 4.34. The van der Waals surface area contributed by atoms with E-state index in [1.54, 1.807) is 7.05 Å². The minimum absolute atomic E-state index is 0.106. The van der Waals surface area contributed by atoms with Crippen LogP contribution in [0.2, 0.25) is 0 Å². The molecule has 0 radical (unpaired) electrons. The lowest BCUT2D eigenvalue weighted by Gasteiger charge is -2.34. The van der Waals surface area contributed by atoms with E-state index in [1.807, 2.05) is 11.8 Å². The number of likely N-dealkylation sites (tertiary alicyclic amines) is 1. The Hall–Kier alpha value is -0.800. The molecule has 0 spiro atoms. The van der Waals surface area contributed by atoms with E-state index in [2.05, 4.69) is 11.4 Å². The molecule has 2 unspecified atom stereocenters. The molecule has 3 nitrogen and oxygen atoms in total. The highest BCUT2D eigenvalue weighted by Gasteiger charge is 2.41. The van der Waals surface area contributed by atoms with Crippen molar-refractivity contribution in [1.82, 2.24) is 10.2 Å². The van der Waals surface area contributed by atoms with E-state index in [4.69, 9.17) is 0 Å². The summed E-state index contributed by atoms with van der Waals surface area (Å²) in [5, 5.41) is 12.2. The third kappa shape index (κ3) is 4.64. The summed E-state index contributed by atoms with van der Waals surface area (Å²) >= 11 is 0. The van der Waals surface area contributed by atoms with E-state index < -0.39 is 17.6 Å². The van der Waals surface area contributed by atoms with Crippen molar-refractivity contribution in [1.29, 1.82) is 5.26 Å². The van der Waals surface area contributed by atoms with Gasteiger partial charge in [-0.1, -0.05) is 6.92 Å². The van der Waals surface area contributed by atoms with Crippen molar-refractivity contribution >= 4 is 0 Å². The van der Waals surface area contributed by atoms with E-state index in [1.165, 1.54) is 0 Å². The predicted molar refractivity (Wildman–Crippen MR) is 72.1 cm³/mol. The van der Waals surface area contributed by atoms with Crippen molar-refractivity contribution in [3.63, 3.8) is 0 Å². The summed E-state index contributed by atoms with van der Waals surface area (Å²) in [6.07, 6.45) is -1.12. The van der Waals surface area contributed by atoms with Crippen molar-refractivity contribution in [3.8, 4) is 6.07 Å². The number of piperidine rings is 1. The molecule has 2 atom stereocenters. The summed E-state index contributed by atoms with van der Waals surface area (Å²) in [6.45, 7) is 3.42. The molecule has 0 aromatic rings. The molecular formula is C14H24F3N3. The third-order valence-electron chi connectivity index (χ3n) is 4.34. The molecule has 1 heterocycles. The normalized spacial score (nSPS) is 24.1. The number of rotatable bonds is 6. The first-order chi connectivity index (χ1) is 9.37. The molecule has 0 amide bonds. The van der Waals surface area contributed by atoms with Crippen LogP contribution in [0.15, 0.2) is 0 Å². The van der Waals surface area contributed by atoms with Crippen molar-refractivity contribution in [2.24, 2.45) is 5.92 Å². The smallest absolute Gasteiger partial charge is 0.303 e. The number of hydrogen-bond donors (Lipinski definition) is 1. The molecule has 0 aromatic heterocycles. The Labute approximate surface area is 119 Å². The minimum Gasteiger partial charge on any atom is -0.303 e. The molecule has 1 saturated heterocycles. The van der Waals surface area contributed by atoms with Crippen molar-refractivity contribution in [3.05, 3.63) is 0 Å². The number of nitrogens with one attached hydrogen (secondary N) is 1. The van der Waals surface area contributed by atoms with Crippen LogP contribution in [0.5, 0.6) is 0 Å². The molecule has 1 rings (SSSR count). The second kappa shape index (κ2) is 7.28. The number of nitriles is 1. The lowest BCUT2D eigenvalue weighted by Crippen LogP contribution is -2.44. The summed E-state index contributed by atoms with van der Waals surface area (Å²) in [7, 11) is 1.76. The molecule has 1 aliphatic heterocycles. The Morgan fingerprint density at radius 1 is 1.40 bits per heavy atom. The average Bonchev–Trinajstić information content (AvgIpc) is 2.44. The van der Waals surface area contributed by atoms with E-state index >= 15 is 0 Å². The van der Waals surface area contributed by atoms with Gasteiger partial charge in [-0.05, 0) is 52.2 Å². The first kappa shape index (κ1) is 17.3. The van der Waals surface area contributed by atoms with Gasteiger partial charge in [0.25, 0.3) is 0 Å². The van der Waals surface area contributed by atoms with E-state index in [-0.39, 0.29) is 13.0 Å². The highest BCUT2D eigenvalue weighted by molar-refractivity contribution is 5.05. The van der Waals surface area contributed by atoms with Crippen LogP contribution in [0.3, 0.4) is 0 Å². The van der Waals surface area contributed by atoms with Crippen molar-refractivity contribution < 1.29 is 13.2 Å². The summed E-state index contributed by atoms with van der Waals surface area (Å²) in [4.78, 5) is 1.88. The summed E-state index contributed by atoms with van der Waals surface area (Å²) in [5.41, 5.74) is -0.542. The zero-order valence-electron chi connectivity index (χ0n) is 12.3. The number of halogens is 3. The largest absolute Gasteiger partial charge is 0.393 e. The SMILES string of the molecule is CCC(C#N)(CCCN1CCCC(C(F)(F)F)C1)NC. The maximum absolute atomic E-state index is 12.7. The lowest BCUT2D eigenvalue weighted by molar-refractivity contribution is -0.186. The quantitative estimate of drug-likeness (QED) is 0.818. The average molecular weight is 291 g/mol. The number of alkyl halides is 3. The Kier molecular flexibility index (Phi) is 6.28. The van der Waals surface area contributed by atoms with Crippen LogP contribution in [-0.2, 0) is 0 Å². The van der Waals surface area contributed by atoms with Gasteiger partial charge in [-0.3, -0.25) is 0 Å². The van der Waals surface area contributed by atoms with Crippen molar-refractivity contribution in [2.45, 2.75) is 50.7 Å². The first-order valence-electron chi connectivity index (χ1n) is 7.26. The van der Waals surface area contributed by atoms with Crippen LogP contribution < -0.4 is 5.32 Å². The molecule has 0 aromatic carbocycles. The molecule has 0 aliphatic carbocycles. The lowest BCUT2D eigenvalue weighted by atomic mass is 9.91. The zero-order valence-corrected chi connectivity index (χ0v) is 12.3. The fraction of sp³-hybridized carbons (Fsp3) is 0.929. The second-order valence-corrected chi connectivity index (χ2v) is 5.58. The second-order valence-electron chi connectivity index (χ2n) is 5.58. The molecular weight excluding hydrogens is 267 g/mol. The fourth-order valence-electron chi connectivity index (χ4n) is 2.80. The molecule has 6 heteroatoms. The zero-order chi connectivity index (χ0) is 15.2. The molecule has 20 heavy (non-hydrogen) atoms. The van der Waals surface area contributed by atoms with Gasteiger partial charge in [-0.15, -0.1) is 0 Å². The highest BCUT2D eigenvalue weighted by atomic mass is 19.4. The van der Waals surface area contributed by atoms with Gasteiger partial charge in [0.15, 0.2) is 0 Å². The van der Waals surface area contributed by atoms with Gasteiger partial charge in [0.2, 0.25) is 0 Å². The topological polar surface area (TPSA) is 39.1 Å². The monoisotopic (exact) mass is 291 g/mol. The standard InChI is InChI=1S/C14H24F3N3/c1-3-13(11-18,19-2)7-5-9-20-8-4-6-12(10-20)14(15,16)17/h12,19H,3-10H2,1-2H3. The summed E-state index contributed by atoms with van der Waals surface area (Å²) in [6, 6.07) is 2.28. The fourth-order valence-corrected chi connectivity index (χ4v) is 2.80. The van der Waals surface area contributed by atoms with E-state index in [0.717, 1.165) is 13.0 Å². The van der Waals surface area contributed by atoms with Gasteiger partial charge in [-0.2, -0.15) is 18.4 Å². The highest BCUT2D eigenvalue weighted by Crippen LogP contribution is 2.33. The van der Waals surface area contributed by atoms with Crippen LogP contribution in [-0.4, -0.2) is 43.3 Å². The maximum Gasteiger partial charge on any atom is 0.393 e. The predicted octanol–water partition coefficient (Wildman–Crippen LogP) is 2.93. The molecule has 1 aliphatic rings. The van der Waals surface area contributed by atoms with Crippen molar-refractivity contribution in [2.75, 3.05) is 26.7 Å². The molecule has 0 saturated carbocycles. The van der Waals surface area contributed by atoms with Gasteiger partial charge >= 0.3 is 6.18 Å². The van der Waals surface area contributed by atoms with Crippen LogP contribution in [0, 0.1) is 17.2 Å². The number of hydrogen-bond acceptors (Lipinski definition) is 3. The Morgan fingerprint density at radius 2 is 2.10 bits per heavy atom. The molecule has 116 valence electrons. The van der Waals surface area contributed by atoms with E-state index in [9.17, 15) is 18.4 Å². The Morgan fingerprint density at radius 3 is 2.60 bits per heavy atom. The van der Waals surface area contributed by atoms with Crippen LogP contribution in [0.25, 0.3) is 0 Å².